The minimum atomic E-state index is -0.297. The highest BCUT2D eigenvalue weighted by atomic mass is 35.5. The van der Waals surface area contributed by atoms with Crippen molar-refractivity contribution >= 4 is 29.1 Å². The van der Waals surface area contributed by atoms with E-state index in [1.165, 1.54) is 0 Å². The number of benzene rings is 1. The number of nitrogens with zero attached hydrogens (tertiary/aromatic N) is 2. The highest BCUT2D eigenvalue weighted by molar-refractivity contribution is 6.35. The lowest BCUT2D eigenvalue weighted by atomic mass is 10.2. The van der Waals surface area contributed by atoms with Crippen LogP contribution in [0.3, 0.4) is 0 Å². The molecule has 0 aliphatic carbocycles. The van der Waals surface area contributed by atoms with Crippen molar-refractivity contribution in [2.24, 2.45) is 0 Å². The topological polar surface area (TPSA) is 69.3 Å². The monoisotopic (exact) mass is 407 g/mol. The van der Waals surface area contributed by atoms with Crippen molar-refractivity contribution in [3.8, 4) is 5.75 Å². The number of rotatable bonds is 7. The van der Waals surface area contributed by atoms with Crippen molar-refractivity contribution in [2.75, 3.05) is 0 Å². The van der Waals surface area contributed by atoms with Gasteiger partial charge in [-0.05, 0) is 44.2 Å². The predicted molar refractivity (Wildman–Crippen MR) is 103 cm³/mol. The second-order valence-electron chi connectivity index (χ2n) is 5.88. The van der Waals surface area contributed by atoms with Crippen molar-refractivity contribution in [3.05, 3.63) is 69.4 Å². The molecule has 0 saturated heterocycles. The van der Waals surface area contributed by atoms with Gasteiger partial charge in [-0.25, -0.2) is 0 Å². The van der Waals surface area contributed by atoms with Gasteiger partial charge in [0.05, 0.1) is 11.2 Å². The summed E-state index contributed by atoms with van der Waals surface area (Å²) in [5, 5.41) is 8.04. The van der Waals surface area contributed by atoms with Crippen LogP contribution in [0.15, 0.2) is 40.9 Å². The van der Waals surface area contributed by atoms with E-state index in [2.05, 4.69) is 10.4 Å². The van der Waals surface area contributed by atoms with Gasteiger partial charge >= 0.3 is 0 Å². The number of furan rings is 1. The lowest BCUT2D eigenvalue weighted by Gasteiger charge is -2.06. The summed E-state index contributed by atoms with van der Waals surface area (Å²) < 4.78 is 13.0. The van der Waals surface area contributed by atoms with E-state index < -0.39 is 0 Å². The molecule has 3 rings (SSSR count). The van der Waals surface area contributed by atoms with Crippen LogP contribution in [-0.2, 0) is 19.7 Å². The number of hydrogen-bond acceptors (Lipinski definition) is 4. The van der Waals surface area contributed by atoms with Crippen molar-refractivity contribution in [2.45, 2.75) is 33.5 Å². The van der Waals surface area contributed by atoms with Gasteiger partial charge in [0.15, 0.2) is 5.76 Å². The first-order chi connectivity index (χ1) is 13.0. The fourth-order valence-corrected chi connectivity index (χ4v) is 3.02. The van der Waals surface area contributed by atoms with E-state index in [1.807, 2.05) is 18.5 Å². The first-order valence-electron chi connectivity index (χ1n) is 8.44. The van der Waals surface area contributed by atoms with Crippen LogP contribution in [0.25, 0.3) is 0 Å². The Morgan fingerprint density at radius 2 is 2.11 bits per heavy atom. The smallest absolute Gasteiger partial charge is 0.287 e. The van der Waals surface area contributed by atoms with Crippen LogP contribution in [0.1, 0.15) is 34.5 Å². The summed E-state index contributed by atoms with van der Waals surface area (Å²) in [7, 11) is 0. The molecule has 0 atom stereocenters. The van der Waals surface area contributed by atoms with Crippen LogP contribution in [0.2, 0.25) is 10.0 Å². The Balaban J connectivity index is 1.56. The van der Waals surface area contributed by atoms with Gasteiger partial charge in [0.25, 0.3) is 5.91 Å². The summed E-state index contributed by atoms with van der Waals surface area (Å²) in [4.78, 5) is 12.3. The number of carbonyl (C=O) groups is 1. The molecule has 6 nitrogen and oxygen atoms in total. The van der Waals surface area contributed by atoms with E-state index in [0.29, 0.717) is 28.1 Å². The van der Waals surface area contributed by atoms with Gasteiger partial charge in [-0.15, -0.1) is 0 Å². The molecule has 8 heteroatoms. The maximum absolute atomic E-state index is 12.3. The van der Waals surface area contributed by atoms with Crippen molar-refractivity contribution in [3.63, 3.8) is 0 Å². The number of nitrogens with one attached hydrogen (secondary N) is 1. The third kappa shape index (κ3) is 4.64. The highest BCUT2D eigenvalue weighted by Gasteiger charge is 2.13. The number of aromatic nitrogens is 2. The van der Waals surface area contributed by atoms with Crippen LogP contribution in [0, 0.1) is 6.92 Å². The van der Waals surface area contributed by atoms with Gasteiger partial charge < -0.3 is 14.5 Å². The molecule has 0 spiro atoms. The highest BCUT2D eigenvalue weighted by Crippen LogP contribution is 2.28. The average molecular weight is 408 g/mol. The normalized spacial score (nSPS) is 10.8. The Hall–Kier alpha value is -2.44. The summed E-state index contributed by atoms with van der Waals surface area (Å²) in [6, 6.07) is 8.27. The molecule has 0 unspecified atom stereocenters. The van der Waals surface area contributed by atoms with Crippen LogP contribution in [-0.4, -0.2) is 15.7 Å². The fraction of sp³-hybridized carbons (Fsp3) is 0.263. The largest absolute Gasteiger partial charge is 0.484 e. The molecule has 0 radical (unpaired) electrons. The molecular formula is C19H19Cl2N3O3. The maximum atomic E-state index is 12.3. The minimum Gasteiger partial charge on any atom is -0.484 e. The number of aryl methyl sites for hydroxylation is 1. The van der Waals surface area contributed by atoms with Gasteiger partial charge in [0.1, 0.15) is 18.1 Å². The molecule has 0 fully saturated rings. The van der Waals surface area contributed by atoms with E-state index in [9.17, 15) is 4.79 Å². The van der Waals surface area contributed by atoms with Crippen LogP contribution in [0.4, 0.5) is 0 Å². The molecule has 3 aromatic rings. The summed E-state index contributed by atoms with van der Waals surface area (Å²) in [6.45, 7) is 5.32. The fourth-order valence-electron chi connectivity index (χ4n) is 2.56. The van der Waals surface area contributed by atoms with E-state index in [-0.39, 0.29) is 18.3 Å². The van der Waals surface area contributed by atoms with Crippen molar-refractivity contribution < 1.29 is 13.9 Å². The summed E-state index contributed by atoms with van der Waals surface area (Å²) >= 11 is 11.9. The quantitative estimate of drug-likeness (QED) is 0.620. The number of amides is 1. The molecule has 2 heterocycles. The van der Waals surface area contributed by atoms with Crippen molar-refractivity contribution in [1.29, 1.82) is 0 Å². The zero-order chi connectivity index (χ0) is 19.4. The standard InChI is InChI=1S/C19H19Cl2N3O3/c1-3-24-12(2)13(10-23-24)9-22-19(25)18-7-5-15(27-18)11-26-17-6-4-14(20)8-16(17)21/h4-8,10H,3,9,11H2,1-2H3,(H,22,25). The number of hydrogen-bond donors (Lipinski definition) is 1. The molecule has 0 saturated carbocycles. The van der Waals surface area contributed by atoms with E-state index in [0.717, 1.165) is 17.8 Å². The van der Waals surface area contributed by atoms with Crippen LogP contribution < -0.4 is 10.1 Å². The lowest BCUT2D eigenvalue weighted by molar-refractivity contribution is 0.0919. The molecule has 27 heavy (non-hydrogen) atoms. The second kappa shape index (κ2) is 8.50. The minimum absolute atomic E-state index is 0.150. The third-order valence-electron chi connectivity index (χ3n) is 4.09. The number of ether oxygens (including phenoxy) is 1. The van der Waals surface area contributed by atoms with Gasteiger partial charge in [-0.2, -0.15) is 5.10 Å². The Morgan fingerprint density at radius 3 is 2.81 bits per heavy atom. The number of carbonyl (C=O) groups excluding carboxylic acids is 1. The molecule has 1 amide bonds. The first kappa shape index (κ1) is 19.3. The lowest BCUT2D eigenvalue weighted by Crippen LogP contribution is -2.22. The van der Waals surface area contributed by atoms with Gasteiger partial charge in [-0.1, -0.05) is 23.2 Å². The average Bonchev–Trinajstić information content (AvgIpc) is 3.26. The first-order valence-corrected chi connectivity index (χ1v) is 9.19. The molecule has 1 N–H and O–H groups in total. The Morgan fingerprint density at radius 1 is 1.30 bits per heavy atom. The summed E-state index contributed by atoms with van der Waals surface area (Å²) in [5.41, 5.74) is 2.00. The molecule has 1 aromatic carbocycles. The van der Waals surface area contributed by atoms with Crippen LogP contribution >= 0.6 is 23.2 Å². The van der Waals surface area contributed by atoms with E-state index in [4.69, 9.17) is 32.4 Å². The zero-order valence-electron chi connectivity index (χ0n) is 15.0. The molecule has 142 valence electrons. The van der Waals surface area contributed by atoms with Gasteiger partial charge in [-0.3, -0.25) is 9.48 Å². The van der Waals surface area contributed by atoms with Gasteiger partial charge in [0, 0.05) is 29.4 Å². The summed E-state index contributed by atoms with van der Waals surface area (Å²) in [6.07, 6.45) is 1.76. The second-order valence-corrected chi connectivity index (χ2v) is 6.73. The molecule has 2 aromatic heterocycles. The molecular weight excluding hydrogens is 389 g/mol. The SMILES string of the molecule is CCn1ncc(CNC(=O)c2ccc(COc3ccc(Cl)cc3Cl)o2)c1C. The Kier molecular flexibility index (Phi) is 6.08. The molecule has 0 aliphatic rings. The van der Waals surface area contributed by atoms with Crippen molar-refractivity contribution in [1.82, 2.24) is 15.1 Å². The maximum Gasteiger partial charge on any atom is 0.287 e. The van der Waals surface area contributed by atoms with E-state index in [1.54, 1.807) is 36.5 Å². The molecule has 0 aliphatic heterocycles. The summed E-state index contributed by atoms with van der Waals surface area (Å²) in [5.74, 6) is 0.929. The predicted octanol–water partition coefficient (Wildman–Crippen LogP) is 4.62. The Bertz CT molecular complexity index is 950. The number of halogens is 2. The van der Waals surface area contributed by atoms with Gasteiger partial charge in [0.2, 0.25) is 0 Å². The molecule has 0 bridgehead atoms. The Labute approximate surface area is 167 Å². The third-order valence-corrected chi connectivity index (χ3v) is 4.62. The zero-order valence-corrected chi connectivity index (χ0v) is 16.5. The van der Waals surface area contributed by atoms with Crippen LogP contribution in [0.5, 0.6) is 5.75 Å². The van der Waals surface area contributed by atoms with E-state index >= 15 is 0 Å².